The van der Waals surface area contributed by atoms with E-state index < -0.39 is 0 Å². The minimum absolute atomic E-state index is 0.00572. The Labute approximate surface area is 137 Å². The molecule has 0 unspecified atom stereocenters. The van der Waals surface area contributed by atoms with Crippen LogP contribution in [0.2, 0.25) is 0 Å². The van der Waals surface area contributed by atoms with Crippen molar-refractivity contribution < 1.29 is 9.59 Å². The molecule has 23 heavy (non-hydrogen) atoms. The molecule has 1 N–H and O–H groups in total. The van der Waals surface area contributed by atoms with Crippen molar-refractivity contribution in [3.63, 3.8) is 0 Å². The first-order valence-corrected chi connectivity index (χ1v) is 8.10. The van der Waals surface area contributed by atoms with Gasteiger partial charge in [0.25, 0.3) is 0 Å². The van der Waals surface area contributed by atoms with Gasteiger partial charge in [0, 0.05) is 23.9 Å². The third-order valence-corrected chi connectivity index (χ3v) is 4.46. The molecule has 118 valence electrons. The largest absolute Gasteiger partial charge is 0.349 e. The number of nitrogens with zero attached hydrogens (tertiary/aromatic N) is 3. The molecular weight excluding hydrogens is 312 g/mol. The van der Waals surface area contributed by atoms with Crippen LogP contribution in [0.1, 0.15) is 33.2 Å². The van der Waals surface area contributed by atoms with Crippen LogP contribution in [-0.2, 0) is 11.3 Å². The van der Waals surface area contributed by atoms with Crippen LogP contribution in [0.25, 0.3) is 5.65 Å². The van der Waals surface area contributed by atoms with Gasteiger partial charge < -0.3 is 5.32 Å². The molecule has 3 heterocycles. The summed E-state index contributed by atoms with van der Waals surface area (Å²) in [6.07, 6.45) is 2.23. The highest BCUT2D eigenvalue weighted by atomic mass is 32.1. The first kappa shape index (κ1) is 15.4. The number of fused-ring (bicyclic) bond motifs is 1. The first-order chi connectivity index (χ1) is 11.1. The van der Waals surface area contributed by atoms with Crippen molar-refractivity contribution in [2.75, 3.05) is 0 Å². The number of hydrogen-bond acceptors (Lipinski definition) is 5. The fourth-order valence-corrected chi connectivity index (χ4v) is 3.05. The van der Waals surface area contributed by atoms with Crippen molar-refractivity contribution in [1.82, 2.24) is 19.9 Å². The molecule has 0 spiro atoms. The molecule has 3 rings (SSSR count). The lowest BCUT2D eigenvalue weighted by Crippen LogP contribution is -2.24. The number of ketones is 1. The molecule has 6 nitrogen and oxygen atoms in total. The standard InChI is InChI=1S/C16H16N4O2S/c1-11-5-7-13(23-11)12(21)6-8-16(22)17-10-15-19-18-14-4-2-3-9-20(14)15/h2-5,7,9H,6,8,10H2,1H3,(H,17,22). The van der Waals surface area contributed by atoms with Crippen molar-refractivity contribution in [1.29, 1.82) is 0 Å². The maximum Gasteiger partial charge on any atom is 0.220 e. The van der Waals surface area contributed by atoms with Crippen LogP contribution in [0.15, 0.2) is 36.5 Å². The van der Waals surface area contributed by atoms with E-state index in [1.54, 1.807) is 0 Å². The number of thiophene rings is 1. The van der Waals surface area contributed by atoms with Crippen molar-refractivity contribution in [2.45, 2.75) is 26.3 Å². The fraction of sp³-hybridized carbons (Fsp3) is 0.250. The highest BCUT2D eigenvalue weighted by molar-refractivity contribution is 7.14. The second-order valence-corrected chi connectivity index (χ2v) is 6.44. The second kappa shape index (κ2) is 6.70. The number of aryl methyl sites for hydroxylation is 1. The van der Waals surface area contributed by atoms with Gasteiger partial charge in [-0.25, -0.2) is 0 Å². The Balaban J connectivity index is 1.51. The van der Waals surface area contributed by atoms with E-state index in [1.165, 1.54) is 11.3 Å². The zero-order chi connectivity index (χ0) is 16.2. The quantitative estimate of drug-likeness (QED) is 0.705. The van der Waals surface area contributed by atoms with Gasteiger partial charge in [-0.2, -0.15) is 0 Å². The molecule has 0 aromatic carbocycles. The number of carbonyl (C=O) groups is 2. The Morgan fingerprint density at radius 2 is 2.04 bits per heavy atom. The van der Waals surface area contributed by atoms with E-state index in [4.69, 9.17) is 0 Å². The lowest BCUT2D eigenvalue weighted by Gasteiger charge is -2.03. The monoisotopic (exact) mass is 328 g/mol. The second-order valence-electron chi connectivity index (χ2n) is 5.16. The van der Waals surface area contributed by atoms with Gasteiger partial charge in [0.1, 0.15) is 0 Å². The molecule has 3 aromatic rings. The average Bonchev–Trinajstić information content (AvgIpc) is 3.17. The summed E-state index contributed by atoms with van der Waals surface area (Å²) in [6, 6.07) is 9.32. The Kier molecular flexibility index (Phi) is 4.47. The van der Waals surface area contributed by atoms with Crippen LogP contribution >= 0.6 is 11.3 Å². The van der Waals surface area contributed by atoms with Crippen LogP contribution in [0.4, 0.5) is 0 Å². The minimum Gasteiger partial charge on any atom is -0.349 e. The Morgan fingerprint density at radius 3 is 2.83 bits per heavy atom. The highest BCUT2D eigenvalue weighted by Crippen LogP contribution is 2.17. The van der Waals surface area contributed by atoms with E-state index >= 15 is 0 Å². The van der Waals surface area contributed by atoms with Crippen molar-refractivity contribution in [2.24, 2.45) is 0 Å². The van der Waals surface area contributed by atoms with E-state index in [2.05, 4.69) is 15.5 Å². The maximum atomic E-state index is 12.0. The summed E-state index contributed by atoms with van der Waals surface area (Å²) < 4.78 is 1.82. The Hall–Kier alpha value is -2.54. The van der Waals surface area contributed by atoms with E-state index in [0.29, 0.717) is 10.7 Å². The summed E-state index contributed by atoms with van der Waals surface area (Å²) in [7, 11) is 0. The van der Waals surface area contributed by atoms with Crippen molar-refractivity contribution >= 4 is 28.7 Å². The molecule has 0 aliphatic heterocycles. The predicted octanol–water partition coefficient (Wildman–Crippen LogP) is 2.38. The summed E-state index contributed by atoms with van der Waals surface area (Å²) in [5, 5.41) is 10.8. The van der Waals surface area contributed by atoms with Crippen LogP contribution < -0.4 is 5.32 Å². The van der Waals surface area contributed by atoms with Crippen LogP contribution in [0, 0.1) is 6.92 Å². The molecule has 3 aromatic heterocycles. The van der Waals surface area contributed by atoms with Crippen LogP contribution in [0.5, 0.6) is 0 Å². The summed E-state index contributed by atoms with van der Waals surface area (Å²) in [5.41, 5.74) is 0.736. The predicted molar refractivity (Wildman–Crippen MR) is 87.5 cm³/mol. The van der Waals surface area contributed by atoms with E-state index in [-0.39, 0.29) is 31.1 Å². The normalized spacial score (nSPS) is 10.8. The van der Waals surface area contributed by atoms with Crippen molar-refractivity contribution in [3.8, 4) is 0 Å². The van der Waals surface area contributed by atoms with Crippen LogP contribution in [-0.4, -0.2) is 26.3 Å². The lowest BCUT2D eigenvalue weighted by molar-refractivity contribution is -0.121. The van der Waals surface area contributed by atoms with E-state index in [9.17, 15) is 9.59 Å². The van der Waals surface area contributed by atoms with Gasteiger partial charge in [0.15, 0.2) is 17.3 Å². The fourth-order valence-electron chi connectivity index (χ4n) is 2.21. The van der Waals surface area contributed by atoms with Gasteiger partial charge in [-0.1, -0.05) is 6.07 Å². The lowest BCUT2D eigenvalue weighted by atomic mass is 10.2. The zero-order valence-corrected chi connectivity index (χ0v) is 13.5. The van der Waals surface area contributed by atoms with Gasteiger partial charge in [-0.15, -0.1) is 21.5 Å². The summed E-state index contributed by atoms with van der Waals surface area (Å²) in [4.78, 5) is 25.7. The topological polar surface area (TPSA) is 76.4 Å². The third kappa shape index (κ3) is 3.62. The summed E-state index contributed by atoms with van der Waals surface area (Å²) >= 11 is 1.46. The van der Waals surface area contributed by atoms with Crippen molar-refractivity contribution in [3.05, 3.63) is 52.1 Å². The number of carbonyl (C=O) groups excluding carboxylic acids is 2. The molecule has 7 heteroatoms. The molecule has 0 saturated heterocycles. The highest BCUT2D eigenvalue weighted by Gasteiger charge is 2.12. The molecule has 0 aliphatic carbocycles. The number of amides is 1. The van der Waals surface area contributed by atoms with Gasteiger partial charge >= 0.3 is 0 Å². The molecule has 0 bridgehead atoms. The molecule has 0 atom stereocenters. The average molecular weight is 328 g/mol. The Bertz CT molecular complexity index is 853. The van der Waals surface area contributed by atoms with Gasteiger partial charge in [-0.05, 0) is 31.2 Å². The molecular formula is C16H16N4O2S. The zero-order valence-electron chi connectivity index (χ0n) is 12.7. The van der Waals surface area contributed by atoms with Gasteiger partial charge in [-0.3, -0.25) is 14.0 Å². The molecule has 1 amide bonds. The molecule has 0 radical (unpaired) electrons. The van der Waals surface area contributed by atoms with Crippen LogP contribution in [0.3, 0.4) is 0 Å². The molecule has 0 aliphatic rings. The smallest absolute Gasteiger partial charge is 0.220 e. The number of pyridine rings is 1. The van der Waals surface area contributed by atoms with E-state index in [1.807, 2.05) is 47.9 Å². The first-order valence-electron chi connectivity index (χ1n) is 7.28. The number of Topliss-reactive ketones (excluding diaryl/α,β-unsaturated/α-hetero) is 1. The number of nitrogens with one attached hydrogen (secondary N) is 1. The number of hydrogen-bond donors (Lipinski definition) is 1. The molecule has 0 saturated carbocycles. The molecule has 0 fully saturated rings. The van der Waals surface area contributed by atoms with Gasteiger partial charge in [0.2, 0.25) is 5.91 Å². The van der Waals surface area contributed by atoms with E-state index in [0.717, 1.165) is 10.5 Å². The number of aromatic nitrogens is 3. The Morgan fingerprint density at radius 1 is 1.17 bits per heavy atom. The number of rotatable bonds is 6. The van der Waals surface area contributed by atoms with Gasteiger partial charge in [0.05, 0.1) is 11.4 Å². The minimum atomic E-state index is -0.167. The summed E-state index contributed by atoms with van der Waals surface area (Å²) in [5.74, 6) is 0.500. The SMILES string of the molecule is Cc1ccc(C(=O)CCC(=O)NCc2nnc3ccccn23)s1. The third-order valence-electron chi connectivity index (χ3n) is 3.42. The summed E-state index contributed by atoms with van der Waals surface area (Å²) in [6.45, 7) is 2.24. The maximum absolute atomic E-state index is 12.0.